The number of nitrogens with zero attached hydrogens (tertiary/aromatic N) is 2. The predicted molar refractivity (Wildman–Crippen MR) is 320 cm³/mol. The summed E-state index contributed by atoms with van der Waals surface area (Å²) in [7, 11) is 0. The van der Waals surface area contributed by atoms with Crippen molar-refractivity contribution in [3.05, 3.63) is 300 Å². The van der Waals surface area contributed by atoms with Crippen LogP contribution < -0.4 is 9.80 Å². The molecule has 0 amide bonds. The molecule has 11 aromatic carbocycles. The van der Waals surface area contributed by atoms with Gasteiger partial charge in [-0.05, 0) is 151 Å². The Labute approximate surface area is 447 Å². The van der Waals surface area contributed by atoms with E-state index in [1.165, 1.54) is 121 Å². The van der Waals surface area contributed by atoms with E-state index in [9.17, 15) is 0 Å². The maximum Gasteiger partial charge on any atom is 0.0779 e. The summed E-state index contributed by atoms with van der Waals surface area (Å²) in [5.74, 6) is 0. The molecule has 356 valence electrons. The molecular weight excluding hydrogens is 937 g/mol. The standard InChI is InChI=1S/C73H48N2S/c1-3-20-47(21-4-1)48-38-40-50(41-39-48)74(69-36-19-32-60-54-26-9-8-25-53(54)58-30-13-17-35-68(58)75(72(60)69)49-22-5-2-6-23-49)51-42-43-66-61(44-51)55-27-10-7-24-52(55)56-28-11-15-33-64(56)73(66)65-34-16-12-29-57(65)62-46-71-63(45-67(62)73)59-31-14-18-37-70(59)76-71/h1-16,18-34,36-46H,17,35H2. The molecule has 12 aromatic rings. The van der Waals surface area contributed by atoms with Crippen LogP contribution >= 0.6 is 11.3 Å². The highest BCUT2D eigenvalue weighted by molar-refractivity contribution is 7.25. The number of anilines is 5. The van der Waals surface area contributed by atoms with Crippen LogP contribution in [0.2, 0.25) is 0 Å². The van der Waals surface area contributed by atoms with E-state index in [2.05, 4.69) is 277 Å². The van der Waals surface area contributed by atoms with Crippen molar-refractivity contribution in [2.24, 2.45) is 0 Å². The number of allylic oxidation sites excluding steroid dienone is 4. The van der Waals surface area contributed by atoms with Crippen molar-refractivity contribution in [2.45, 2.75) is 18.3 Å². The van der Waals surface area contributed by atoms with Crippen molar-refractivity contribution in [2.75, 3.05) is 9.80 Å². The molecule has 2 nitrogen and oxygen atoms in total. The van der Waals surface area contributed by atoms with Crippen molar-refractivity contribution in [3.63, 3.8) is 0 Å². The second-order valence-electron chi connectivity index (χ2n) is 20.5. The molecule has 16 rings (SSSR count). The molecular formula is C73H48N2S. The molecule has 3 heteroatoms. The summed E-state index contributed by atoms with van der Waals surface area (Å²) in [6.45, 7) is 0. The van der Waals surface area contributed by atoms with E-state index in [1.54, 1.807) is 0 Å². The Hall–Kier alpha value is -9.28. The van der Waals surface area contributed by atoms with Crippen molar-refractivity contribution < 1.29 is 0 Å². The Morgan fingerprint density at radius 2 is 0.947 bits per heavy atom. The molecule has 2 heterocycles. The first kappa shape index (κ1) is 43.2. The van der Waals surface area contributed by atoms with Crippen molar-refractivity contribution in [3.8, 4) is 55.6 Å². The minimum Gasteiger partial charge on any atom is -0.311 e. The van der Waals surface area contributed by atoms with Crippen molar-refractivity contribution in [1.82, 2.24) is 0 Å². The number of hydrogen-bond acceptors (Lipinski definition) is 3. The quantitative estimate of drug-likeness (QED) is 0.170. The highest BCUT2D eigenvalue weighted by Gasteiger charge is 2.50. The molecule has 4 aliphatic rings. The molecule has 0 bridgehead atoms. The lowest BCUT2D eigenvalue weighted by molar-refractivity contribution is 0.776. The first-order chi connectivity index (χ1) is 37.7. The van der Waals surface area contributed by atoms with Crippen molar-refractivity contribution >= 4 is 65.5 Å². The highest BCUT2D eigenvalue weighted by atomic mass is 32.1. The molecule has 0 saturated carbocycles. The van der Waals surface area contributed by atoms with Gasteiger partial charge in [0.2, 0.25) is 0 Å². The zero-order valence-electron chi connectivity index (χ0n) is 41.6. The van der Waals surface area contributed by atoms with E-state index in [0.29, 0.717) is 0 Å². The third-order valence-electron chi connectivity index (χ3n) is 16.7. The molecule has 1 atom stereocenters. The summed E-state index contributed by atoms with van der Waals surface area (Å²) in [4.78, 5) is 5.13. The molecule has 0 fully saturated rings. The number of rotatable bonds is 5. The molecule has 0 N–H and O–H groups in total. The largest absolute Gasteiger partial charge is 0.311 e. The van der Waals surface area contributed by atoms with Gasteiger partial charge in [0.1, 0.15) is 0 Å². The Balaban J connectivity index is 1.01. The molecule has 1 aromatic heterocycles. The number of hydrogen-bond donors (Lipinski definition) is 0. The summed E-state index contributed by atoms with van der Waals surface area (Å²) in [6, 6.07) is 96.1. The summed E-state index contributed by atoms with van der Waals surface area (Å²) in [5.41, 5.74) is 26.4. The summed E-state index contributed by atoms with van der Waals surface area (Å²) < 4.78 is 2.64. The van der Waals surface area contributed by atoms with Gasteiger partial charge in [0.15, 0.2) is 0 Å². The number of thiophene rings is 1. The fourth-order valence-electron chi connectivity index (χ4n) is 13.5. The second kappa shape index (κ2) is 16.9. The third kappa shape index (κ3) is 6.21. The van der Waals surface area contributed by atoms with Crippen LogP contribution in [0, 0.1) is 0 Å². The van der Waals surface area contributed by atoms with E-state index in [0.717, 1.165) is 35.6 Å². The van der Waals surface area contributed by atoms with Gasteiger partial charge in [-0.15, -0.1) is 11.3 Å². The van der Waals surface area contributed by atoms with Gasteiger partial charge in [-0.3, -0.25) is 0 Å². The van der Waals surface area contributed by atoms with E-state index >= 15 is 0 Å². The topological polar surface area (TPSA) is 6.48 Å². The molecule has 0 saturated heterocycles. The Morgan fingerprint density at radius 3 is 1.71 bits per heavy atom. The van der Waals surface area contributed by atoms with Gasteiger partial charge in [0.25, 0.3) is 0 Å². The molecule has 1 spiro atoms. The van der Waals surface area contributed by atoms with Gasteiger partial charge in [-0.2, -0.15) is 0 Å². The van der Waals surface area contributed by atoms with Crippen LogP contribution in [0.3, 0.4) is 0 Å². The van der Waals surface area contributed by atoms with Crippen LogP contribution in [-0.4, -0.2) is 0 Å². The lowest BCUT2D eigenvalue weighted by atomic mass is 9.65. The lowest BCUT2D eigenvalue weighted by Crippen LogP contribution is -2.29. The van der Waals surface area contributed by atoms with Crippen LogP contribution in [0.15, 0.2) is 273 Å². The molecule has 0 radical (unpaired) electrons. The normalized spacial score (nSPS) is 15.4. The van der Waals surface area contributed by atoms with Crippen molar-refractivity contribution in [1.29, 1.82) is 0 Å². The van der Waals surface area contributed by atoms with Crippen LogP contribution in [0.4, 0.5) is 28.4 Å². The maximum absolute atomic E-state index is 2.58. The van der Waals surface area contributed by atoms with Crippen LogP contribution in [-0.2, 0) is 5.41 Å². The van der Waals surface area contributed by atoms with Gasteiger partial charge in [0.05, 0.1) is 16.8 Å². The number of para-hydroxylation sites is 2. The van der Waals surface area contributed by atoms with Gasteiger partial charge >= 0.3 is 0 Å². The first-order valence-corrected chi connectivity index (χ1v) is 27.4. The molecule has 1 unspecified atom stereocenters. The Bertz CT molecular complexity index is 4410. The zero-order valence-corrected chi connectivity index (χ0v) is 42.4. The van der Waals surface area contributed by atoms with Gasteiger partial charge in [-0.1, -0.05) is 206 Å². The zero-order chi connectivity index (χ0) is 49.9. The van der Waals surface area contributed by atoms with Crippen LogP contribution in [0.1, 0.15) is 40.7 Å². The maximum atomic E-state index is 2.58. The second-order valence-corrected chi connectivity index (χ2v) is 21.6. The minimum absolute atomic E-state index is 0.635. The smallest absolute Gasteiger partial charge is 0.0779 e. The van der Waals surface area contributed by atoms with E-state index in [-0.39, 0.29) is 0 Å². The number of benzene rings is 11. The molecule has 1 aliphatic heterocycles. The van der Waals surface area contributed by atoms with Gasteiger partial charge in [0, 0.05) is 54.1 Å². The molecule has 76 heavy (non-hydrogen) atoms. The van der Waals surface area contributed by atoms with Crippen LogP contribution in [0.25, 0.3) is 81.4 Å². The highest BCUT2D eigenvalue weighted by Crippen LogP contribution is 2.63. The summed E-state index contributed by atoms with van der Waals surface area (Å²) in [6.07, 6.45) is 6.61. The fraction of sp³-hybridized carbons (Fsp3) is 0.0411. The van der Waals surface area contributed by atoms with Gasteiger partial charge < -0.3 is 9.80 Å². The van der Waals surface area contributed by atoms with Crippen LogP contribution in [0.5, 0.6) is 0 Å². The summed E-state index contributed by atoms with van der Waals surface area (Å²) >= 11 is 1.90. The lowest BCUT2D eigenvalue weighted by Gasteiger charge is -2.37. The summed E-state index contributed by atoms with van der Waals surface area (Å²) in [5, 5.41) is 2.63. The average Bonchev–Trinajstić information content (AvgIpc) is 4.10. The monoisotopic (exact) mass is 984 g/mol. The van der Waals surface area contributed by atoms with E-state index in [4.69, 9.17) is 0 Å². The fourth-order valence-corrected chi connectivity index (χ4v) is 14.7. The first-order valence-electron chi connectivity index (χ1n) is 26.5. The Morgan fingerprint density at radius 1 is 0.382 bits per heavy atom. The van der Waals surface area contributed by atoms with E-state index < -0.39 is 5.41 Å². The predicted octanol–water partition coefficient (Wildman–Crippen LogP) is 20.1. The SMILES string of the molecule is C1=CC2=C(CC1)N(c1ccccc1)c1c(cccc1N(c1ccc(-c3ccccc3)cc1)c1ccc3c(c1)-c1ccccc1-c1ccccc1C31c3ccccc3-c3cc4sc5ccccc5c4cc31)-c1ccccc12. The average molecular weight is 985 g/mol. The minimum atomic E-state index is -0.635. The van der Waals surface area contributed by atoms with E-state index in [1.807, 2.05) is 11.3 Å². The number of fused-ring (bicyclic) bond motifs is 19. The third-order valence-corrected chi connectivity index (χ3v) is 17.8. The molecule has 3 aliphatic carbocycles. The Kier molecular flexibility index (Phi) is 9.58. The van der Waals surface area contributed by atoms with Gasteiger partial charge in [-0.25, -0.2) is 0 Å².